The molecule has 0 aliphatic carbocycles. The number of hydrogen-bond acceptors (Lipinski definition) is 3. The second-order valence-electron chi connectivity index (χ2n) is 5.64. The number of amides is 1. The van der Waals surface area contributed by atoms with E-state index in [1.54, 1.807) is 11.8 Å². The van der Waals surface area contributed by atoms with Crippen molar-refractivity contribution >= 4 is 23.6 Å². The monoisotopic (exact) mass is 309 g/mol. The molecule has 116 valence electrons. The van der Waals surface area contributed by atoms with Crippen molar-refractivity contribution in [3.05, 3.63) is 35.4 Å². The van der Waals surface area contributed by atoms with Crippen molar-refractivity contribution in [1.82, 2.24) is 5.32 Å². The fourth-order valence-electron chi connectivity index (χ4n) is 2.00. The van der Waals surface area contributed by atoms with Crippen LogP contribution in [0.3, 0.4) is 0 Å². The smallest absolute Gasteiger partial charge is 0.326 e. The lowest BCUT2D eigenvalue weighted by atomic mass is 9.83. The summed E-state index contributed by atoms with van der Waals surface area (Å²) in [6, 6.07) is 6.88. The van der Waals surface area contributed by atoms with Crippen LogP contribution in [0.4, 0.5) is 0 Å². The molecule has 0 radical (unpaired) electrons. The molecule has 1 aromatic rings. The second kappa shape index (κ2) is 7.50. The minimum absolute atomic E-state index is 0.262. The Morgan fingerprint density at radius 1 is 1.38 bits per heavy atom. The van der Waals surface area contributed by atoms with E-state index >= 15 is 0 Å². The highest BCUT2D eigenvalue weighted by molar-refractivity contribution is 7.98. The van der Waals surface area contributed by atoms with Crippen molar-refractivity contribution in [2.24, 2.45) is 0 Å². The maximum absolute atomic E-state index is 12.5. The summed E-state index contributed by atoms with van der Waals surface area (Å²) in [4.78, 5) is 23.7. The molecule has 4 nitrogen and oxygen atoms in total. The van der Waals surface area contributed by atoms with Crippen molar-refractivity contribution < 1.29 is 14.7 Å². The van der Waals surface area contributed by atoms with Gasteiger partial charge >= 0.3 is 5.97 Å². The zero-order valence-electron chi connectivity index (χ0n) is 13.0. The van der Waals surface area contributed by atoms with E-state index in [1.807, 2.05) is 51.3 Å². The van der Waals surface area contributed by atoms with E-state index in [-0.39, 0.29) is 5.91 Å². The van der Waals surface area contributed by atoms with Crippen LogP contribution in [0.15, 0.2) is 24.3 Å². The molecule has 0 fully saturated rings. The summed E-state index contributed by atoms with van der Waals surface area (Å²) in [6.07, 6.45) is 2.34. The molecule has 0 aliphatic heterocycles. The van der Waals surface area contributed by atoms with Gasteiger partial charge in [0.05, 0.1) is 5.41 Å². The van der Waals surface area contributed by atoms with Crippen LogP contribution in [0, 0.1) is 6.92 Å². The maximum Gasteiger partial charge on any atom is 0.326 e. The van der Waals surface area contributed by atoms with Gasteiger partial charge in [-0.15, -0.1) is 0 Å². The van der Waals surface area contributed by atoms with Crippen molar-refractivity contribution in [2.75, 3.05) is 12.0 Å². The van der Waals surface area contributed by atoms with Gasteiger partial charge < -0.3 is 10.4 Å². The summed E-state index contributed by atoms with van der Waals surface area (Å²) in [6.45, 7) is 5.59. The van der Waals surface area contributed by atoms with Crippen LogP contribution in [0.5, 0.6) is 0 Å². The molecular formula is C16H23NO3S. The normalized spacial score (nSPS) is 12.8. The Morgan fingerprint density at radius 3 is 2.57 bits per heavy atom. The first-order valence-electron chi connectivity index (χ1n) is 6.89. The van der Waals surface area contributed by atoms with Gasteiger partial charge in [0.2, 0.25) is 5.91 Å². The Kier molecular flexibility index (Phi) is 6.27. The minimum Gasteiger partial charge on any atom is -0.480 e. The van der Waals surface area contributed by atoms with E-state index in [0.717, 1.165) is 11.1 Å². The topological polar surface area (TPSA) is 66.4 Å². The zero-order chi connectivity index (χ0) is 16.0. The molecule has 0 bridgehead atoms. The molecule has 1 aromatic carbocycles. The molecule has 0 heterocycles. The summed E-state index contributed by atoms with van der Waals surface area (Å²) >= 11 is 1.57. The van der Waals surface area contributed by atoms with Crippen LogP contribution >= 0.6 is 11.8 Å². The van der Waals surface area contributed by atoms with Crippen molar-refractivity contribution in [3.63, 3.8) is 0 Å². The van der Waals surface area contributed by atoms with E-state index < -0.39 is 17.4 Å². The van der Waals surface area contributed by atoms with Crippen LogP contribution in [0.1, 0.15) is 31.4 Å². The number of hydrogen-bond donors (Lipinski definition) is 2. The van der Waals surface area contributed by atoms with Crippen LogP contribution < -0.4 is 5.32 Å². The molecule has 21 heavy (non-hydrogen) atoms. The third-order valence-electron chi connectivity index (χ3n) is 3.52. The summed E-state index contributed by atoms with van der Waals surface area (Å²) in [5.41, 5.74) is 1.19. The van der Waals surface area contributed by atoms with Gasteiger partial charge in [-0.1, -0.05) is 29.8 Å². The largest absolute Gasteiger partial charge is 0.480 e. The molecule has 5 heteroatoms. The van der Waals surface area contributed by atoms with Crippen molar-refractivity contribution in [2.45, 2.75) is 38.6 Å². The lowest BCUT2D eigenvalue weighted by Gasteiger charge is -2.26. The number of benzene rings is 1. The van der Waals surface area contributed by atoms with Crippen molar-refractivity contribution in [1.29, 1.82) is 0 Å². The second-order valence-corrected chi connectivity index (χ2v) is 6.63. The van der Waals surface area contributed by atoms with E-state index in [9.17, 15) is 14.7 Å². The lowest BCUT2D eigenvalue weighted by molar-refractivity contribution is -0.142. The van der Waals surface area contributed by atoms with Crippen LogP contribution in [0.2, 0.25) is 0 Å². The average Bonchev–Trinajstić information content (AvgIpc) is 2.42. The third-order valence-corrected chi connectivity index (χ3v) is 4.17. The van der Waals surface area contributed by atoms with Crippen LogP contribution in [-0.4, -0.2) is 35.0 Å². The highest BCUT2D eigenvalue weighted by atomic mass is 32.2. The Balaban J connectivity index is 2.87. The SMILES string of the molecule is CSCCC(NC(=O)C(C)(C)c1cccc(C)c1)C(=O)O. The van der Waals surface area contributed by atoms with Gasteiger partial charge in [0.15, 0.2) is 0 Å². The summed E-state index contributed by atoms with van der Waals surface area (Å²) in [7, 11) is 0. The Labute approximate surface area is 130 Å². The molecular weight excluding hydrogens is 286 g/mol. The molecule has 0 saturated heterocycles. The molecule has 0 aromatic heterocycles. The molecule has 1 amide bonds. The molecule has 1 rings (SSSR count). The predicted molar refractivity (Wildman–Crippen MR) is 86.8 cm³/mol. The molecule has 0 saturated carbocycles. The van der Waals surface area contributed by atoms with E-state index in [2.05, 4.69) is 5.32 Å². The summed E-state index contributed by atoms with van der Waals surface area (Å²) < 4.78 is 0. The van der Waals surface area contributed by atoms with Crippen LogP contribution in [-0.2, 0) is 15.0 Å². The number of thioether (sulfide) groups is 1. The summed E-state index contributed by atoms with van der Waals surface area (Å²) in [5, 5.41) is 11.9. The van der Waals surface area contributed by atoms with Crippen LogP contribution in [0.25, 0.3) is 0 Å². The fourth-order valence-corrected chi connectivity index (χ4v) is 2.47. The molecule has 0 aliphatic rings. The standard InChI is InChI=1S/C16H23NO3S/c1-11-6-5-7-12(10-11)16(2,3)15(20)17-13(14(18)19)8-9-21-4/h5-7,10,13H,8-9H2,1-4H3,(H,17,20)(H,18,19). The van der Waals surface area contributed by atoms with Gasteiger partial charge in [-0.25, -0.2) is 4.79 Å². The third kappa shape index (κ3) is 4.77. The predicted octanol–water partition coefficient (Wildman–Crippen LogP) is 2.60. The zero-order valence-corrected chi connectivity index (χ0v) is 13.8. The van der Waals surface area contributed by atoms with Gasteiger partial charge in [0.25, 0.3) is 0 Å². The van der Waals surface area contributed by atoms with Gasteiger partial charge in [-0.3, -0.25) is 4.79 Å². The first kappa shape index (κ1) is 17.6. The number of carboxylic acid groups (broad SMARTS) is 1. The number of aliphatic carboxylic acids is 1. The van der Waals surface area contributed by atoms with E-state index in [1.165, 1.54) is 0 Å². The molecule has 1 unspecified atom stereocenters. The fraction of sp³-hybridized carbons (Fsp3) is 0.500. The lowest BCUT2D eigenvalue weighted by Crippen LogP contribution is -2.48. The number of carbonyl (C=O) groups excluding carboxylic acids is 1. The molecule has 1 atom stereocenters. The molecule has 2 N–H and O–H groups in total. The van der Waals surface area contributed by atoms with Crippen molar-refractivity contribution in [3.8, 4) is 0 Å². The number of nitrogens with one attached hydrogen (secondary N) is 1. The first-order chi connectivity index (χ1) is 9.78. The van der Waals surface area contributed by atoms with Gasteiger partial charge in [-0.2, -0.15) is 11.8 Å². The van der Waals surface area contributed by atoms with Gasteiger partial charge in [0.1, 0.15) is 6.04 Å². The quantitative estimate of drug-likeness (QED) is 0.812. The highest BCUT2D eigenvalue weighted by Crippen LogP contribution is 2.24. The Hall–Kier alpha value is -1.49. The number of aryl methyl sites for hydroxylation is 1. The minimum atomic E-state index is -0.988. The van der Waals surface area contributed by atoms with E-state index in [0.29, 0.717) is 12.2 Å². The number of carboxylic acids is 1. The average molecular weight is 309 g/mol. The first-order valence-corrected chi connectivity index (χ1v) is 8.28. The molecule has 0 spiro atoms. The van der Waals surface area contributed by atoms with Gasteiger partial charge in [0, 0.05) is 0 Å². The maximum atomic E-state index is 12.5. The number of carbonyl (C=O) groups is 2. The summed E-state index contributed by atoms with van der Waals surface area (Å²) in [5.74, 6) is -0.554. The number of rotatable bonds is 7. The Morgan fingerprint density at radius 2 is 2.05 bits per heavy atom. The Bertz CT molecular complexity index is 514. The highest BCUT2D eigenvalue weighted by Gasteiger charge is 2.32. The van der Waals surface area contributed by atoms with E-state index in [4.69, 9.17) is 0 Å². The van der Waals surface area contributed by atoms with Gasteiger partial charge in [-0.05, 0) is 44.8 Å².